The van der Waals surface area contributed by atoms with Crippen molar-refractivity contribution < 1.29 is 4.79 Å². The van der Waals surface area contributed by atoms with Crippen LogP contribution in [0.4, 0.5) is 5.69 Å². The first-order chi connectivity index (χ1) is 9.02. The van der Waals surface area contributed by atoms with Gasteiger partial charge in [-0.25, -0.2) is 0 Å². The molecule has 1 saturated carbocycles. The monoisotopic (exact) mass is 260 g/mol. The maximum Gasteiger partial charge on any atom is 0.234 e. The van der Waals surface area contributed by atoms with Gasteiger partial charge in [-0.2, -0.15) is 0 Å². The topological polar surface area (TPSA) is 46.3 Å². The van der Waals surface area contributed by atoms with Gasteiger partial charge in [0.05, 0.1) is 5.41 Å². The molecule has 1 aliphatic carbocycles. The number of aryl methyl sites for hydroxylation is 1. The largest absolute Gasteiger partial charge is 0.329 e. The fraction of sp³-hybridized carbons (Fsp3) is 0.562. The van der Waals surface area contributed by atoms with E-state index in [9.17, 15) is 4.79 Å². The van der Waals surface area contributed by atoms with Gasteiger partial charge in [0.15, 0.2) is 0 Å². The molecule has 0 spiro atoms. The van der Waals surface area contributed by atoms with E-state index in [4.69, 9.17) is 5.73 Å². The van der Waals surface area contributed by atoms with Crippen molar-refractivity contribution in [1.82, 2.24) is 0 Å². The predicted molar refractivity (Wildman–Crippen MR) is 79.1 cm³/mol. The van der Waals surface area contributed by atoms with Crippen molar-refractivity contribution >= 4 is 11.6 Å². The van der Waals surface area contributed by atoms with E-state index in [1.807, 2.05) is 19.2 Å². The standard InChI is InChI=1S/C16H24N2O/c1-4-13-5-7-14(8-6-13)18(3)15(19)16(11-17)9-12(2)10-16/h5-8,12H,4,9-11,17H2,1-3H3. The SMILES string of the molecule is CCc1ccc(N(C)C(=O)C2(CN)CC(C)C2)cc1. The Hall–Kier alpha value is -1.35. The Morgan fingerprint density at radius 1 is 1.37 bits per heavy atom. The highest BCUT2D eigenvalue weighted by Gasteiger charge is 2.48. The van der Waals surface area contributed by atoms with Crippen molar-refractivity contribution in [1.29, 1.82) is 0 Å². The second-order valence-corrected chi connectivity index (χ2v) is 5.88. The minimum absolute atomic E-state index is 0.164. The number of rotatable bonds is 4. The Bertz CT molecular complexity index is 446. The molecule has 2 rings (SSSR count). The van der Waals surface area contributed by atoms with E-state index < -0.39 is 0 Å². The summed E-state index contributed by atoms with van der Waals surface area (Å²) in [6.07, 6.45) is 2.85. The van der Waals surface area contributed by atoms with Crippen LogP contribution in [0.15, 0.2) is 24.3 Å². The zero-order chi connectivity index (χ0) is 14.0. The molecule has 1 aliphatic rings. The summed E-state index contributed by atoms with van der Waals surface area (Å²) in [7, 11) is 1.85. The van der Waals surface area contributed by atoms with Gasteiger partial charge in [0.25, 0.3) is 0 Å². The highest BCUT2D eigenvalue weighted by molar-refractivity contribution is 5.98. The van der Waals surface area contributed by atoms with Gasteiger partial charge in [-0.05, 0) is 42.9 Å². The summed E-state index contributed by atoms with van der Waals surface area (Å²) in [5.74, 6) is 0.778. The van der Waals surface area contributed by atoms with Crippen molar-refractivity contribution in [2.24, 2.45) is 17.1 Å². The van der Waals surface area contributed by atoms with Crippen LogP contribution in [0.1, 0.15) is 32.3 Å². The zero-order valence-corrected chi connectivity index (χ0v) is 12.1. The molecule has 3 nitrogen and oxygen atoms in total. The van der Waals surface area contributed by atoms with Crippen LogP contribution < -0.4 is 10.6 Å². The molecule has 0 heterocycles. The van der Waals surface area contributed by atoms with Gasteiger partial charge < -0.3 is 10.6 Å². The second-order valence-electron chi connectivity index (χ2n) is 5.88. The third kappa shape index (κ3) is 2.52. The van der Waals surface area contributed by atoms with Crippen LogP contribution in [-0.2, 0) is 11.2 Å². The summed E-state index contributed by atoms with van der Waals surface area (Å²) >= 11 is 0. The Kier molecular flexibility index (Phi) is 3.95. The van der Waals surface area contributed by atoms with Crippen molar-refractivity contribution in [2.75, 3.05) is 18.5 Å². The van der Waals surface area contributed by atoms with E-state index in [2.05, 4.69) is 26.0 Å². The smallest absolute Gasteiger partial charge is 0.234 e. The minimum atomic E-state index is -0.322. The molecular weight excluding hydrogens is 236 g/mol. The van der Waals surface area contributed by atoms with Crippen LogP contribution in [0.3, 0.4) is 0 Å². The predicted octanol–water partition coefficient (Wildman–Crippen LogP) is 2.59. The quantitative estimate of drug-likeness (QED) is 0.904. The van der Waals surface area contributed by atoms with E-state index in [1.54, 1.807) is 4.90 Å². The third-order valence-corrected chi connectivity index (χ3v) is 4.36. The molecule has 0 atom stereocenters. The highest BCUT2D eigenvalue weighted by atomic mass is 16.2. The summed E-state index contributed by atoms with van der Waals surface area (Å²) < 4.78 is 0. The molecule has 1 aromatic rings. The summed E-state index contributed by atoms with van der Waals surface area (Å²) in [6.45, 7) is 4.76. The molecule has 0 saturated heterocycles. The number of hydrogen-bond donors (Lipinski definition) is 1. The molecule has 19 heavy (non-hydrogen) atoms. The fourth-order valence-electron chi connectivity index (χ4n) is 3.13. The average Bonchev–Trinajstić information content (AvgIpc) is 2.42. The normalized spacial score (nSPS) is 25.8. The van der Waals surface area contributed by atoms with E-state index >= 15 is 0 Å². The van der Waals surface area contributed by atoms with Crippen LogP contribution in [0.25, 0.3) is 0 Å². The van der Waals surface area contributed by atoms with Gasteiger partial charge in [-0.1, -0.05) is 26.0 Å². The van der Waals surface area contributed by atoms with E-state index in [0.717, 1.165) is 24.9 Å². The van der Waals surface area contributed by atoms with Crippen molar-refractivity contribution in [3.05, 3.63) is 29.8 Å². The van der Waals surface area contributed by atoms with Crippen LogP contribution in [0.5, 0.6) is 0 Å². The number of carbonyl (C=O) groups is 1. The van der Waals surface area contributed by atoms with Crippen LogP contribution in [0.2, 0.25) is 0 Å². The summed E-state index contributed by atoms with van der Waals surface area (Å²) in [5.41, 5.74) is 7.76. The maximum atomic E-state index is 12.6. The molecule has 0 aromatic heterocycles. The number of amides is 1. The van der Waals surface area contributed by atoms with Crippen LogP contribution in [0, 0.1) is 11.3 Å². The average molecular weight is 260 g/mol. The lowest BCUT2D eigenvalue weighted by atomic mass is 9.62. The lowest BCUT2D eigenvalue weighted by Gasteiger charge is -2.46. The Balaban J connectivity index is 2.14. The highest BCUT2D eigenvalue weighted by Crippen LogP contribution is 2.46. The molecule has 104 valence electrons. The first kappa shape index (κ1) is 14.1. The first-order valence-corrected chi connectivity index (χ1v) is 7.09. The summed E-state index contributed by atoms with van der Waals surface area (Å²) in [6, 6.07) is 8.20. The number of nitrogens with zero attached hydrogens (tertiary/aromatic N) is 1. The summed E-state index contributed by atoms with van der Waals surface area (Å²) in [5, 5.41) is 0. The van der Waals surface area contributed by atoms with Crippen molar-refractivity contribution in [3.63, 3.8) is 0 Å². The van der Waals surface area contributed by atoms with E-state index in [-0.39, 0.29) is 11.3 Å². The molecule has 3 heteroatoms. The summed E-state index contributed by atoms with van der Waals surface area (Å²) in [4.78, 5) is 14.4. The molecule has 0 unspecified atom stereocenters. The van der Waals surface area contributed by atoms with E-state index in [1.165, 1.54) is 5.56 Å². The number of carbonyl (C=O) groups excluding carboxylic acids is 1. The van der Waals surface area contributed by atoms with Gasteiger partial charge in [0.1, 0.15) is 0 Å². The van der Waals surface area contributed by atoms with Crippen molar-refractivity contribution in [3.8, 4) is 0 Å². The second kappa shape index (κ2) is 5.33. The van der Waals surface area contributed by atoms with Gasteiger partial charge >= 0.3 is 0 Å². The van der Waals surface area contributed by atoms with E-state index in [0.29, 0.717) is 12.5 Å². The minimum Gasteiger partial charge on any atom is -0.329 e. The molecule has 1 aromatic carbocycles. The van der Waals surface area contributed by atoms with Gasteiger partial charge in [0, 0.05) is 19.3 Å². The number of benzene rings is 1. The molecule has 0 bridgehead atoms. The molecular formula is C16H24N2O. The lowest BCUT2D eigenvalue weighted by molar-refractivity contribution is -0.134. The zero-order valence-electron chi connectivity index (χ0n) is 12.1. The Labute approximate surface area is 115 Å². The maximum absolute atomic E-state index is 12.6. The number of nitrogens with two attached hydrogens (primary N) is 1. The molecule has 2 N–H and O–H groups in total. The van der Waals surface area contributed by atoms with Crippen molar-refractivity contribution in [2.45, 2.75) is 33.1 Å². The number of hydrogen-bond acceptors (Lipinski definition) is 2. The lowest BCUT2D eigenvalue weighted by Crippen LogP contribution is -2.54. The number of anilines is 1. The van der Waals surface area contributed by atoms with Crippen LogP contribution >= 0.6 is 0 Å². The third-order valence-electron chi connectivity index (χ3n) is 4.36. The first-order valence-electron chi connectivity index (χ1n) is 7.09. The van der Waals surface area contributed by atoms with Gasteiger partial charge in [0.2, 0.25) is 5.91 Å². The Morgan fingerprint density at radius 2 is 1.95 bits per heavy atom. The molecule has 0 aliphatic heterocycles. The Morgan fingerprint density at radius 3 is 2.37 bits per heavy atom. The molecule has 0 radical (unpaired) electrons. The van der Waals surface area contributed by atoms with Gasteiger partial charge in [-0.3, -0.25) is 4.79 Å². The van der Waals surface area contributed by atoms with Gasteiger partial charge in [-0.15, -0.1) is 0 Å². The van der Waals surface area contributed by atoms with Crippen LogP contribution in [-0.4, -0.2) is 19.5 Å². The molecule has 1 fully saturated rings. The molecule has 1 amide bonds. The fourth-order valence-corrected chi connectivity index (χ4v) is 3.13.